The Bertz CT molecular complexity index is 860. The zero-order valence-electron chi connectivity index (χ0n) is 15.3. The third kappa shape index (κ3) is 4.28. The highest BCUT2D eigenvalue weighted by Gasteiger charge is 2.29. The van der Waals surface area contributed by atoms with E-state index in [1.165, 1.54) is 13.3 Å². The van der Waals surface area contributed by atoms with Crippen LogP contribution in [-0.2, 0) is 16.1 Å². The molecule has 0 N–H and O–H groups in total. The first-order valence-electron chi connectivity index (χ1n) is 8.70. The lowest BCUT2D eigenvalue weighted by Gasteiger charge is -2.28. The lowest BCUT2D eigenvalue weighted by molar-refractivity contribution is -0.121. The minimum absolute atomic E-state index is 0.0170. The smallest absolute Gasteiger partial charge is 0.339 e. The van der Waals surface area contributed by atoms with Crippen LogP contribution in [0.25, 0.3) is 0 Å². The number of esters is 1. The van der Waals surface area contributed by atoms with Gasteiger partial charge in [-0.2, -0.15) is 0 Å². The molecule has 27 heavy (non-hydrogen) atoms. The molecule has 2 atom stereocenters. The largest absolute Gasteiger partial charge is 0.465 e. The number of pyridine rings is 1. The van der Waals surface area contributed by atoms with Crippen LogP contribution in [-0.4, -0.2) is 30.2 Å². The van der Waals surface area contributed by atoms with E-state index in [9.17, 15) is 9.59 Å². The molecule has 0 saturated carbocycles. The van der Waals surface area contributed by atoms with E-state index in [2.05, 4.69) is 9.98 Å². The molecule has 1 aliphatic heterocycles. The van der Waals surface area contributed by atoms with E-state index < -0.39 is 5.97 Å². The van der Waals surface area contributed by atoms with E-state index in [4.69, 9.17) is 4.74 Å². The van der Waals surface area contributed by atoms with Gasteiger partial charge in [0, 0.05) is 30.2 Å². The van der Waals surface area contributed by atoms with Crippen molar-refractivity contribution in [2.45, 2.75) is 13.5 Å². The maximum absolute atomic E-state index is 13.2. The third-order valence-corrected chi connectivity index (χ3v) is 4.45. The first kappa shape index (κ1) is 18.5. The van der Waals surface area contributed by atoms with Crippen LogP contribution in [0, 0.1) is 11.8 Å². The summed E-state index contributed by atoms with van der Waals surface area (Å²) < 4.78 is 4.69. The van der Waals surface area contributed by atoms with E-state index in [0.29, 0.717) is 17.8 Å². The molecule has 2 unspecified atom stereocenters. The quantitative estimate of drug-likeness (QED) is 0.765. The van der Waals surface area contributed by atoms with Crippen molar-refractivity contribution in [1.29, 1.82) is 0 Å². The van der Waals surface area contributed by atoms with Crippen molar-refractivity contribution >= 4 is 23.8 Å². The van der Waals surface area contributed by atoms with Gasteiger partial charge >= 0.3 is 5.97 Å². The molecule has 0 radical (unpaired) electrons. The van der Waals surface area contributed by atoms with Gasteiger partial charge < -0.3 is 9.64 Å². The number of para-hydroxylation sites is 1. The molecule has 0 aliphatic carbocycles. The number of hydrogen-bond donors (Lipinski definition) is 0. The summed E-state index contributed by atoms with van der Waals surface area (Å²) in [6, 6.07) is 12.9. The van der Waals surface area contributed by atoms with E-state index >= 15 is 0 Å². The number of ether oxygens (including phenoxy) is 1. The van der Waals surface area contributed by atoms with Crippen LogP contribution in [0.3, 0.4) is 0 Å². The number of methoxy groups -OCH3 is 1. The van der Waals surface area contributed by atoms with Gasteiger partial charge in [-0.1, -0.05) is 31.2 Å². The summed E-state index contributed by atoms with van der Waals surface area (Å²) in [6.07, 6.45) is 6.74. The van der Waals surface area contributed by atoms with Gasteiger partial charge in [0.25, 0.3) is 0 Å². The maximum Gasteiger partial charge on any atom is 0.339 e. The number of carbonyl (C=O) groups excluding carboxylic acids is 2. The second-order valence-electron chi connectivity index (χ2n) is 6.31. The number of hydrogen-bond acceptors (Lipinski definition) is 5. The number of carbonyl (C=O) groups is 2. The minimum atomic E-state index is -0.439. The first-order chi connectivity index (χ1) is 13.1. The molecule has 0 spiro atoms. The van der Waals surface area contributed by atoms with E-state index in [0.717, 1.165) is 5.69 Å². The van der Waals surface area contributed by atoms with Crippen LogP contribution in [0.4, 0.5) is 5.69 Å². The zero-order chi connectivity index (χ0) is 19.2. The number of benzene rings is 1. The first-order valence-corrected chi connectivity index (χ1v) is 8.70. The molecule has 0 bridgehead atoms. The Labute approximate surface area is 158 Å². The SMILES string of the molecule is COC(=O)c1ccc(CN(C(=O)C2C=CN=CC2C)c2ccccc2)nc1. The van der Waals surface area contributed by atoms with E-state index in [1.807, 2.05) is 43.3 Å². The van der Waals surface area contributed by atoms with Gasteiger partial charge in [0.15, 0.2) is 0 Å². The Balaban J connectivity index is 1.87. The van der Waals surface area contributed by atoms with Crippen molar-refractivity contribution < 1.29 is 14.3 Å². The molecular formula is C21H21N3O3. The summed E-state index contributed by atoms with van der Waals surface area (Å²) >= 11 is 0. The molecule has 1 aliphatic rings. The van der Waals surface area contributed by atoms with Crippen molar-refractivity contribution in [3.8, 4) is 0 Å². The maximum atomic E-state index is 13.2. The van der Waals surface area contributed by atoms with Crippen molar-refractivity contribution in [2.75, 3.05) is 12.0 Å². The van der Waals surface area contributed by atoms with Crippen molar-refractivity contribution in [3.63, 3.8) is 0 Å². The molecule has 6 nitrogen and oxygen atoms in total. The Kier molecular flexibility index (Phi) is 5.76. The van der Waals surface area contributed by atoms with Gasteiger partial charge in [-0.15, -0.1) is 0 Å². The Hall–Kier alpha value is -3.28. The summed E-state index contributed by atoms with van der Waals surface area (Å²) in [4.78, 5) is 35.0. The van der Waals surface area contributed by atoms with Gasteiger partial charge in [-0.25, -0.2) is 4.79 Å². The molecule has 1 aromatic heterocycles. The molecular weight excluding hydrogens is 342 g/mol. The van der Waals surface area contributed by atoms with E-state index in [-0.39, 0.29) is 17.7 Å². The van der Waals surface area contributed by atoms with Crippen LogP contribution in [0.1, 0.15) is 23.0 Å². The molecule has 0 fully saturated rings. The van der Waals surface area contributed by atoms with Crippen molar-refractivity contribution in [3.05, 3.63) is 72.2 Å². The van der Waals surface area contributed by atoms with Gasteiger partial charge in [0.1, 0.15) is 0 Å². The van der Waals surface area contributed by atoms with Gasteiger partial charge in [-0.3, -0.25) is 14.8 Å². The summed E-state index contributed by atoms with van der Waals surface area (Å²) in [5.41, 5.74) is 1.85. The number of aromatic nitrogens is 1. The van der Waals surface area contributed by atoms with E-state index in [1.54, 1.807) is 29.4 Å². The highest BCUT2D eigenvalue weighted by atomic mass is 16.5. The summed E-state index contributed by atoms with van der Waals surface area (Å²) in [5, 5.41) is 0. The van der Waals surface area contributed by atoms with Gasteiger partial charge in [0.2, 0.25) is 5.91 Å². The van der Waals surface area contributed by atoms with Gasteiger partial charge in [0.05, 0.1) is 30.8 Å². The number of amides is 1. The predicted octanol–water partition coefficient (Wildman–Crippen LogP) is 3.25. The molecule has 3 rings (SSSR count). The van der Waals surface area contributed by atoms with Crippen LogP contribution in [0.5, 0.6) is 0 Å². The lowest BCUT2D eigenvalue weighted by atomic mass is 9.92. The fourth-order valence-electron chi connectivity index (χ4n) is 2.91. The molecule has 0 saturated heterocycles. The summed E-state index contributed by atoms with van der Waals surface area (Å²) in [6.45, 7) is 2.28. The molecule has 1 aromatic carbocycles. The average Bonchev–Trinajstić information content (AvgIpc) is 2.72. The zero-order valence-corrected chi connectivity index (χ0v) is 15.3. The molecule has 6 heteroatoms. The number of rotatable bonds is 5. The third-order valence-electron chi connectivity index (χ3n) is 4.45. The number of anilines is 1. The molecule has 2 heterocycles. The minimum Gasteiger partial charge on any atom is -0.465 e. The monoisotopic (exact) mass is 363 g/mol. The molecule has 1 amide bonds. The summed E-state index contributed by atoms with van der Waals surface area (Å²) in [5.74, 6) is -0.721. The van der Waals surface area contributed by atoms with Crippen LogP contribution in [0.15, 0.2) is 65.9 Å². The Morgan fingerprint density at radius 2 is 1.93 bits per heavy atom. The number of nitrogens with zero attached hydrogens (tertiary/aromatic N) is 3. The Morgan fingerprint density at radius 3 is 2.56 bits per heavy atom. The molecule has 138 valence electrons. The van der Waals surface area contributed by atoms with Crippen molar-refractivity contribution in [1.82, 2.24) is 4.98 Å². The van der Waals surface area contributed by atoms with Crippen LogP contribution < -0.4 is 4.90 Å². The fourth-order valence-corrected chi connectivity index (χ4v) is 2.91. The fraction of sp³-hybridized carbons (Fsp3) is 0.238. The normalized spacial score (nSPS) is 18.1. The summed E-state index contributed by atoms with van der Waals surface area (Å²) in [7, 11) is 1.33. The standard InChI is InChI=1S/C21H21N3O3/c1-15-12-22-11-10-19(15)20(25)24(18-6-4-3-5-7-18)14-17-9-8-16(13-23-17)21(26)27-2/h3-13,15,19H,14H2,1-2H3. The van der Waals surface area contributed by atoms with Gasteiger partial charge in [-0.05, 0) is 24.3 Å². The Morgan fingerprint density at radius 1 is 1.15 bits per heavy atom. The average molecular weight is 363 g/mol. The van der Waals surface area contributed by atoms with Crippen LogP contribution in [0.2, 0.25) is 0 Å². The molecule has 2 aromatic rings. The number of aliphatic imine (C=N–C) groups is 1. The highest BCUT2D eigenvalue weighted by molar-refractivity contribution is 5.98. The second kappa shape index (κ2) is 8.40. The van der Waals surface area contributed by atoms with Crippen molar-refractivity contribution in [2.24, 2.45) is 16.8 Å². The predicted molar refractivity (Wildman–Crippen MR) is 103 cm³/mol. The highest BCUT2D eigenvalue weighted by Crippen LogP contribution is 2.24. The second-order valence-corrected chi connectivity index (χ2v) is 6.31. The van der Waals surface area contributed by atoms with Crippen LogP contribution >= 0.6 is 0 Å². The topological polar surface area (TPSA) is 71.9 Å². The lowest BCUT2D eigenvalue weighted by Crippen LogP contribution is -2.38.